The number of benzene rings is 1. The number of nitrogens with one attached hydrogen (secondary N) is 1. The molecule has 1 unspecified atom stereocenters. The molecule has 0 amide bonds. The molecule has 5 nitrogen and oxygen atoms in total. The highest BCUT2D eigenvalue weighted by Crippen LogP contribution is 2.34. The number of halogens is 3. The number of nitrogens with zero attached hydrogens (tertiary/aromatic N) is 3. The molecule has 1 aromatic carbocycles. The van der Waals surface area contributed by atoms with Gasteiger partial charge in [-0.3, -0.25) is 0 Å². The van der Waals surface area contributed by atoms with Gasteiger partial charge in [0.05, 0.1) is 12.7 Å². The molecule has 2 heterocycles. The summed E-state index contributed by atoms with van der Waals surface area (Å²) in [5.41, 5.74) is -0.0304. The number of aromatic nitrogens is 3. The van der Waals surface area contributed by atoms with Crippen LogP contribution in [-0.4, -0.2) is 21.6 Å². The Balaban J connectivity index is 2.04. The van der Waals surface area contributed by atoms with Gasteiger partial charge >= 0.3 is 6.18 Å². The Morgan fingerprint density at radius 3 is 2.54 bits per heavy atom. The highest BCUT2D eigenvalue weighted by Gasteiger charge is 2.31. The highest BCUT2D eigenvalue weighted by atomic mass is 19.4. The third kappa shape index (κ3) is 3.63. The van der Waals surface area contributed by atoms with Crippen molar-refractivity contribution < 1.29 is 17.9 Å². The second kappa shape index (κ2) is 7.07. The zero-order valence-corrected chi connectivity index (χ0v) is 14.2. The number of methoxy groups -OCH3 is 1. The summed E-state index contributed by atoms with van der Waals surface area (Å²) in [4.78, 5) is 8.35. The fraction of sp³-hybridized carbons (Fsp3) is 0.222. The largest absolute Gasteiger partial charge is 0.496 e. The number of hydrogen-bond donors (Lipinski definition) is 1. The predicted octanol–water partition coefficient (Wildman–Crippen LogP) is 4.04. The third-order valence-corrected chi connectivity index (χ3v) is 3.95. The van der Waals surface area contributed by atoms with E-state index in [4.69, 9.17) is 4.74 Å². The van der Waals surface area contributed by atoms with Crippen LogP contribution < -0.4 is 10.1 Å². The molecule has 0 aliphatic carbocycles. The second-order valence-electron chi connectivity index (χ2n) is 5.64. The van der Waals surface area contributed by atoms with E-state index in [0.29, 0.717) is 11.6 Å². The summed E-state index contributed by atoms with van der Waals surface area (Å²) < 4.78 is 46.2. The van der Waals surface area contributed by atoms with Crippen molar-refractivity contribution in [3.8, 4) is 5.75 Å². The number of imidazole rings is 1. The van der Waals surface area contributed by atoms with Gasteiger partial charge in [-0.15, -0.1) is 0 Å². The van der Waals surface area contributed by atoms with Crippen molar-refractivity contribution in [3.05, 3.63) is 71.9 Å². The molecule has 26 heavy (non-hydrogen) atoms. The van der Waals surface area contributed by atoms with Gasteiger partial charge in [0.15, 0.2) is 0 Å². The quantitative estimate of drug-likeness (QED) is 0.744. The van der Waals surface area contributed by atoms with Crippen molar-refractivity contribution in [2.75, 3.05) is 12.4 Å². The van der Waals surface area contributed by atoms with Gasteiger partial charge in [0.2, 0.25) is 0 Å². The molecule has 0 radical (unpaired) electrons. The number of pyridine rings is 1. The average molecular weight is 362 g/mol. The molecular weight excluding hydrogens is 345 g/mol. The lowest BCUT2D eigenvalue weighted by atomic mass is 10.0. The van der Waals surface area contributed by atoms with Crippen molar-refractivity contribution in [2.45, 2.75) is 12.2 Å². The lowest BCUT2D eigenvalue weighted by Crippen LogP contribution is -2.18. The second-order valence-corrected chi connectivity index (χ2v) is 5.64. The van der Waals surface area contributed by atoms with Crippen LogP contribution in [0.25, 0.3) is 0 Å². The molecule has 0 saturated heterocycles. The topological polar surface area (TPSA) is 52.0 Å². The first-order valence-corrected chi connectivity index (χ1v) is 7.80. The highest BCUT2D eigenvalue weighted by molar-refractivity contribution is 5.48. The normalized spacial score (nSPS) is 12.7. The first kappa shape index (κ1) is 17.8. The summed E-state index contributed by atoms with van der Waals surface area (Å²) in [6.07, 6.45) is 0.0728. The Labute approximate surface area is 148 Å². The number of rotatable bonds is 5. The molecule has 0 spiro atoms. The summed E-state index contributed by atoms with van der Waals surface area (Å²) in [5.74, 6) is 1.31. The van der Waals surface area contributed by atoms with Crippen LogP contribution in [0.1, 0.15) is 23.0 Å². The summed E-state index contributed by atoms with van der Waals surface area (Å²) >= 11 is 0. The van der Waals surface area contributed by atoms with E-state index < -0.39 is 17.8 Å². The molecule has 8 heteroatoms. The Morgan fingerprint density at radius 1 is 1.12 bits per heavy atom. The van der Waals surface area contributed by atoms with E-state index >= 15 is 0 Å². The maximum atomic E-state index is 13.0. The van der Waals surface area contributed by atoms with Gasteiger partial charge in [0.25, 0.3) is 0 Å². The van der Waals surface area contributed by atoms with Crippen molar-refractivity contribution in [3.63, 3.8) is 0 Å². The molecule has 0 bridgehead atoms. The molecule has 0 saturated carbocycles. The minimum Gasteiger partial charge on any atom is -0.496 e. The molecule has 2 aromatic heterocycles. The van der Waals surface area contributed by atoms with E-state index in [1.54, 1.807) is 23.0 Å². The van der Waals surface area contributed by atoms with Gasteiger partial charge in [0, 0.05) is 31.2 Å². The van der Waals surface area contributed by atoms with Gasteiger partial charge in [-0.1, -0.05) is 18.2 Å². The van der Waals surface area contributed by atoms with Crippen LogP contribution in [0.3, 0.4) is 0 Å². The number of anilines is 1. The van der Waals surface area contributed by atoms with Crippen LogP contribution in [0.15, 0.2) is 55.0 Å². The smallest absolute Gasteiger partial charge is 0.416 e. The number of ether oxygens (including phenoxy) is 1. The van der Waals surface area contributed by atoms with E-state index in [1.165, 1.54) is 7.11 Å². The summed E-state index contributed by atoms with van der Waals surface area (Å²) in [5, 5.41) is 3.05. The van der Waals surface area contributed by atoms with Crippen LogP contribution in [-0.2, 0) is 13.2 Å². The van der Waals surface area contributed by atoms with Crippen LogP contribution in [0.5, 0.6) is 5.75 Å². The lowest BCUT2D eigenvalue weighted by molar-refractivity contribution is -0.137. The Kier molecular flexibility index (Phi) is 4.83. The van der Waals surface area contributed by atoms with Crippen molar-refractivity contribution in [1.29, 1.82) is 0 Å². The number of hydrogen-bond acceptors (Lipinski definition) is 4. The van der Waals surface area contributed by atoms with Gasteiger partial charge < -0.3 is 14.6 Å². The molecular formula is C18H17F3N4O. The summed E-state index contributed by atoms with van der Waals surface area (Å²) in [6, 6.07) is 8.64. The van der Waals surface area contributed by atoms with Crippen LogP contribution >= 0.6 is 0 Å². The third-order valence-electron chi connectivity index (χ3n) is 3.95. The maximum absolute atomic E-state index is 13.0. The van der Waals surface area contributed by atoms with Gasteiger partial charge in [-0.05, 0) is 18.2 Å². The molecule has 0 fully saturated rings. The van der Waals surface area contributed by atoms with Gasteiger partial charge in [-0.25, -0.2) is 9.97 Å². The monoisotopic (exact) mass is 362 g/mol. The molecule has 3 rings (SSSR count). The Bertz CT molecular complexity index is 892. The molecule has 1 N–H and O–H groups in total. The molecule has 3 aromatic rings. The first-order valence-electron chi connectivity index (χ1n) is 7.80. The average Bonchev–Trinajstić information content (AvgIpc) is 3.05. The van der Waals surface area contributed by atoms with E-state index in [9.17, 15) is 13.2 Å². The molecule has 1 atom stereocenters. The molecule has 0 aliphatic rings. The fourth-order valence-corrected chi connectivity index (χ4v) is 2.68. The van der Waals surface area contributed by atoms with Crippen molar-refractivity contribution >= 4 is 5.82 Å². The zero-order chi connectivity index (χ0) is 18.7. The van der Waals surface area contributed by atoms with E-state index in [0.717, 1.165) is 23.9 Å². The minimum atomic E-state index is -4.44. The predicted molar refractivity (Wildman–Crippen MR) is 90.9 cm³/mol. The SMILES string of the molecule is COc1ccccc1C(Nc1cc(C(F)(F)F)ccn1)c1nccn1C. The fourth-order valence-electron chi connectivity index (χ4n) is 2.68. The minimum absolute atomic E-state index is 0.0960. The van der Waals surface area contributed by atoms with Gasteiger partial charge in [-0.2, -0.15) is 13.2 Å². The van der Waals surface area contributed by atoms with E-state index in [1.807, 2.05) is 25.2 Å². The molecule has 136 valence electrons. The Hall–Kier alpha value is -3.03. The summed E-state index contributed by atoms with van der Waals surface area (Å²) in [6.45, 7) is 0. The van der Waals surface area contributed by atoms with Crippen LogP contribution in [0.2, 0.25) is 0 Å². The van der Waals surface area contributed by atoms with Crippen molar-refractivity contribution in [1.82, 2.24) is 14.5 Å². The molecule has 0 aliphatic heterocycles. The number of alkyl halides is 3. The van der Waals surface area contributed by atoms with Crippen LogP contribution in [0.4, 0.5) is 19.0 Å². The van der Waals surface area contributed by atoms with E-state index in [-0.39, 0.29) is 5.82 Å². The maximum Gasteiger partial charge on any atom is 0.416 e. The zero-order valence-electron chi connectivity index (χ0n) is 14.2. The first-order chi connectivity index (χ1) is 12.4. The summed E-state index contributed by atoms with van der Waals surface area (Å²) in [7, 11) is 3.35. The van der Waals surface area contributed by atoms with Crippen LogP contribution in [0, 0.1) is 0 Å². The van der Waals surface area contributed by atoms with Gasteiger partial charge in [0.1, 0.15) is 23.4 Å². The lowest BCUT2D eigenvalue weighted by Gasteiger charge is -2.22. The number of para-hydroxylation sites is 1. The Morgan fingerprint density at radius 2 is 1.88 bits per heavy atom. The van der Waals surface area contributed by atoms with E-state index in [2.05, 4.69) is 15.3 Å². The van der Waals surface area contributed by atoms with Crippen molar-refractivity contribution in [2.24, 2.45) is 7.05 Å². The standard InChI is InChI=1S/C18H17F3N4O/c1-25-10-9-23-17(25)16(13-5-3-4-6-14(13)26-2)24-15-11-12(7-8-22-15)18(19,20)21/h3-11,16H,1-2H3,(H,22,24). The number of aryl methyl sites for hydroxylation is 1.